The van der Waals surface area contributed by atoms with Gasteiger partial charge in [-0.05, 0) is 31.5 Å². The van der Waals surface area contributed by atoms with E-state index in [4.69, 9.17) is 5.11 Å². The van der Waals surface area contributed by atoms with Crippen LogP contribution in [0.3, 0.4) is 0 Å². The molecule has 19 heavy (non-hydrogen) atoms. The van der Waals surface area contributed by atoms with Gasteiger partial charge in [0.05, 0.1) is 18.7 Å². The van der Waals surface area contributed by atoms with E-state index in [1.54, 1.807) is 4.68 Å². The van der Waals surface area contributed by atoms with Crippen LogP contribution in [0.2, 0.25) is 0 Å². The first kappa shape index (κ1) is 13.8. The maximum absolute atomic E-state index is 10.6. The van der Waals surface area contributed by atoms with Gasteiger partial charge in [-0.1, -0.05) is 28.1 Å². The highest BCUT2D eigenvalue weighted by atomic mass is 79.9. The van der Waals surface area contributed by atoms with Crippen LogP contribution in [-0.4, -0.2) is 20.9 Å². The van der Waals surface area contributed by atoms with Crippen LogP contribution >= 0.6 is 15.9 Å². The molecule has 0 spiro atoms. The average molecular weight is 323 g/mol. The lowest BCUT2D eigenvalue weighted by molar-refractivity contribution is -0.137. The lowest BCUT2D eigenvalue weighted by Gasteiger charge is -2.05. The summed E-state index contributed by atoms with van der Waals surface area (Å²) < 4.78 is 2.78. The van der Waals surface area contributed by atoms with Crippen molar-refractivity contribution in [3.05, 3.63) is 40.1 Å². The molecule has 0 saturated heterocycles. The first-order valence-corrected chi connectivity index (χ1v) is 6.80. The summed E-state index contributed by atoms with van der Waals surface area (Å²) in [6, 6.07) is 8.03. The lowest BCUT2D eigenvalue weighted by atomic mass is 10.0. The molecule has 0 fully saturated rings. The average Bonchev–Trinajstić information content (AvgIpc) is 2.62. The standard InChI is InChI=1S/C14H15BrN2O2/c1-9-14(11-4-3-5-12(15)8-11)10(2)17(16-9)7-6-13(18)19/h3-5,8H,6-7H2,1-2H3,(H,18,19). The van der Waals surface area contributed by atoms with E-state index in [-0.39, 0.29) is 6.42 Å². The largest absolute Gasteiger partial charge is 0.481 e. The SMILES string of the molecule is Cc1nn(CCC(=O)O)c(C)c1-c1cccc(Br)c1. The molecule has 0 aliphatic carbocycles. The van der Waals surface area contributed by atoms with Gasteiger partial charge in [-0.15, -0.1) is 0 Å². The number of aliphatic carboxylic acids is 1. The van der Waals surface area contributed by atoms with Gasteiger partial charge < -0.3 is 5.11 Å². The zero-order chi connectivity index (χ0) is 14.0. The van der Waals surface area contributed by atoms with E-state index in [1.165, 1.54) is 0 Å². The Morgan fingerprint density at radius 2 is 2.16 bits per heavy atom. The lowest BCUT2D eigenvalue weighted by Crippen LogP contribution is -2.07. The van der Waals surface area contributed by atoms with Crippen LogP contribution in [0.4, 0.5) is 0 Å². The molecule has 2 aromatic rings. The molecule has 2 rings (SSSR count). The summed E-state index contributed by atoms with van der Waals surface area (Å²) in [6.45, 7) is 4.31. The number of aryl methyl sites for hydroxylation is 2. The predicted molar refractivity (Wildman–Crippen MR) is 77.1 cm³/mol. The highest BCUT2D eigenvalue weighted by Crippen LogP contribution is 2.28. The molecule has 1 aromatic heterocycles. The Morgan fingerprint density at radius 3 is 2.79 bits per heavy atom. The van der Waals surface area contributed by atoms with Crippen molar-refractivity contribution in [2.24, 2.45) is 0 Å². The molecule has 0 atom stereocenters. The van der Waals surface area contributed by atoms with Gasteiger partial charge in [-0.3, -0.25) is 9.48 Å². The minimum absolute atomic E-state index is 0.0832. The van der Waals surface area contributed by atoms with Crippen molar-refractivity contribution >= 4 is 21.9 Å². The minimum Gasteiger partial charge on any atom is -0.481 e. The van der Waals surface area contributed by atoms with Gasteiger partial charge in [0.2, 0.25) is 0 Å². The van der Waals surface area contributed by atoms with Gasteiger partial charge in [0.25, 0.3) is 0 Å². The Morgan fingerprint density at radius 1 is 1.42 bits per heavy atom. The van der Waals surface area contributed by atoms with Crippen LogP contribution in [0.1, 0.15) is 17.8 Å². The van der Waals surface area contributed by atoms with Crippen LogP contribution in [-0.2, 0) is 11.3 Å². The third kappa shape index (κ3) is 3.04. The number of hydrogen-bond donors (Lipinski definition) is 1. The van der Waals surface area contributed by atoms with Crippen molar-refractivity contribution in [1.82, 2.24) is 9.78 Å². The van der Waals surface area contributed by atoms with E-state index >= 15 is 0 Å². The van der Waals surface area contributed by atoms with Crippen LogP contribution in [0.5, 0.6) is 0 Å². The molecular formula is C14H15BrN2O2. The van der Waals surface area contributed by atoms with Crippen molar-refractivity contribution in [3.63, 3.8) is 0 Å². The van der Waals surface area contributed by atoms with Crippen molar-refractivity contribution in [1.29, 1.82) is 0 Å². The Hall–Kier alpha value is -1.62. The first-order chi connectivity index (χ1) is 8.99. The van der Waals surface area contributed by atoms with Crippen molar-refractivity contribution in [3.8, 4) is 11.1 Å². The number of benzene rings is 1. The van der Waals surface area contributed by atoms with Crippen molar-refractivity contribution in [2.45, 2.75) is 26.8 Å². The van der Waals surface area contributed by atoms with Gasteiger partial charge in [-0.2, -0.15) is 5.10 Å². The number of carbonyl (C=O) groups is 1. The number of carboxylic acids is 1. The van der Waals surface area contributed by atoms with Crippen molar-refractivity contribution < 1.29 is 9.90 Å². The second-order valence-corrected chi connectivity index (χ2v) is 5.34. The second kappa shape index (κ2) is 5.57. The maximum Gasteiger partial charge on any atom is 0.305 e. The molecule has 0 aliphatic heterocycles. The van der Waals surface area contributed by atoms with Gasteiger partial charge in [0.15, 0.2) is 0 Å². The highest BCUT2D eigenvalue weighted by Gasteiger charge is 2.14. The summed E-state index contributed by atoms with van der Waals surface area (Å²) >= 11 is 3.46. The molecule has 0 amide bonds. The molecule has 0 aliphatic rings. The Kier molecular flexibility index (Phi) is 4.04. The smallest absolute Gasteiger partial charge is 0.305 e. The molecule has 4 nitrogen and oxygen atoms in total. The molecule has 0 radical (unpaired) electrons. The summed E-state index contributed by atoms with van der Waals surface area (Å²) in [4.78, 5) is 10.6. The van der Waals surface area contributed by atoms with E-state index in [1.807, 2.05) is 38.1 Å². The highest BCUT2D eigenvalue weighted by molar-refractivity contribution is 9.10. The van der Waals surface area contributed by atoms with Gasteiger partial charge in [0, 0.05) is 15.7 Å². The number of carboxylic acid groups (broad SMARTS) is 1. The molecule has 0 bridgehead atoms. The maximum atomic E-state index is 10.6. The van der Waals surface area contributed by atoms with E-state index in [0.29, 0.717) is 6.54 Å². The van der Waals surface area contributed by atoms with E-state index in [2.05, 4.69) is 21.0 Å². The van der Waals surface area contributed by atoms with E-state index in [0.717, 1.165) is 27.0 Å². The summed E-state index contributed by atoms with van der Waals surface area (Å²) in [7, 11) is 0. The molecule has 1 N–H and O–H groups in total. The fourth-order valence-corrected chi connectivity index (χ4v) is 2.58. The topological polar surface area (TPSA) is 55.1 Å². The van der Waals surface area contributed by atoms with Crippen LogP contribution in [0.25, 0.3) is 11.1 Å². The Bertz CT molecular complexity index is 620. The zero-order valence-corrected chi connectivity index (χ0v) is 12.4. The fourth-order valence-electron chi connectivity index (χ4n) is 2.18. The normalized spacial score (nSPS) is 10.7. The summed E-state index contributed by atoms with van der Waals surface area (Å²) in [6.07, 6.45) is 0.0832. The van der Waals surface area contributed by atoms with Crippen molar-refractivity contribution in [2.75, 3.05) is 0 Å². The third-order valence-corrected chi connectivity index (χ3v) is 3.53. The molecule has 1 aromatic carbocycles. The summed E-state index contributed by atoms with van der Waals surface area (Å²) in [5, 5.41) is 13.2. The fraction of sp³-hybridized carbons (Fsp3) is 0.286. The van der Waals surface area contributed by atoms with Gasteiger partial charge >= 0.3 is 5.97 Å². The number of hydrogen-bond acceptors (Lipinski definition) is 2. The van der Waals surface area contributed by atoms with Crippen LogP contribution < -0.4 is 0 Å². The van der Waals surface area contributed by atoms with Gasteiger partial charge in [0.1, 0.15) is 0 Å². The van der Waals surface area contributed by atoms with E-state index in [9.17, 15) is 4.79 Å². The summed E-state index contributed by atoms with van der Waals surface area (Å²) in [5.41, 5.74) is 4.08. The zero-order valence-electron chi connectivity index (χ0n) is 10.9. The number of rotatable bonds is 4. The number of nitrogens with zero attached hydrogens (tertiary/aromatic N) is 2. The summed E-state index contributed by atoms with van der Waals surface area (Å²) in [5.74, 6) is -0.809. The third-order valence-electron chi connectivity index (χ3n) is 3.03. The Balaban J connectivity index is 2.39. The molecule has 0 saturated carbocycles. The van der Waals surface area contributed by atoms with Crippen LogP contribution in [0.15, 0.2) is 28.7 Å². The molecule has 100 valence electrons. The molecular weight excluding hydrogens is 308 g/mol. The van der Waals surface area contributed by atoms with E-state index < -0.39 is 5.97 Å². The second-order valence-electron chi connectivity index (χ2n) is 4.42. The first-order valence-electron chi connectivity index (χ1n) is 6.01. The molecule has 0 unspecified atom stereocenters. The molecule has 5 heteroatoms. The Labute approximate surface area is 120 Å². The van der Waals surface area contributed by atoms with Crippen LogP contribution in [0, 0.1) is 13.8 Å². The predicted octanol–water partition coefficient (Wildman–Crippen LogP) is 3.40. The monoisotopic (exact) mass is 322 g/mol. The minimum atomic E-state index is -0.809. The molecule has 1 heterocycles. The van der Waals surface area contributed by atoms with Gasteiger partial charge in [-0.25, -0.2) is 0 Å². The number of halogens is 1. The quantitative estimate of drug-likeness (QED) is 0.938. The number of aromatic nitrogens is 2.